The second-order valence-corrected chi connectivity index (χ2v) is 3.92. The van der Waals surface area contributed by atoms with Crippen molar-refractivity contribution in [1.29, 1.82) is 10.5 Å². The topological polar surface area (TPSA) is 56.8 Å². The lowest BCUT2D eigenvalue weighted by Gasteiger charge is -2.08. The van der Waals surface area contributed by atoms with E-state index in [1.54, 1.807) is 31.2 Å². The number of benzene rings is 2. The summed E-state index contributed by atoms with van der Waals surface area (Å²) >= 11 is 0. The quantitative estimate of drug-likeness (QED) is 0.819. The lowest BCUT2D eigenvalue weighted by atomic mass is 10.1. The fraction of sp³-hybridized carbons (Fsp3) is 0.0667. The molecular formula is C15H9FN2O. The predicted molar refractivity (Wildman–Crippen MR) is 67.1 cm³/mol. The summed E-state index contributed by atoms with van der Waals surface area (Å²) in [4.78, 5) is 0. The molecule has 0 atom stereocenters. The molecule has 0 aliphatic rings. The van der Waals surface area contributed by atoms with E-state index in [4.69, 9.17) is 15.3 Å². The summed E-state index contributed by atoms with van der Waals surface area (Å²) in [5, 5.41) is 17.7. The molecular weight excluding hydrogens is 243 g/mol. The number of ether oxygens (including phenoxy) is 1. The number of nitrogens with zero attached hydrogens (tertiary/aromatic N) is 2. The largest absolute Gasteiger partial charge is 0.456 e. The smallest absolute Gasteiger partial charge is 0.148 e. The highest BCUT2D eigenvalue weighted by atomic mass is 19.1. The molecule has 92 valence electrons. The van der Waals surface area contributed by atoms with Crippen LogP contribution >= 0.6 is 0 Å². The Balaban J connectivity index is 2.38. The minimum atomic E-state index is -0.620. The monoisotopic (exact) mass is 252 g/mol. The second-order valence-electron chi connectivity index (χ2n) is 3.92. The molecule has 0 aliphatic heterocycles. The van der Waals surface area contributed by atoms with Crippen molar-refractivity contribution in [3.05, 3.63) is 58.9 Å². The van der Waals surface area contributed by atoms with Crippen LogP contribution in [-0.4, -0.2) is 0 Å². The highest BCUT2D eigenvalue weighted by Crippen LogP contribution is 2.27. The van der Waals surface area contributed by atoms with Crippen LogP contribution in [0, 0.1) is 35.4 Å². The molecule has 0 aliphatic carbocycles. The van der Waals surface area contributed by atoms with Gasteiger partial charge in [-0.15, -0.1) is 0 Å². The molecule has 0 amide bonds. The van der Waals surface area contributed by atoms with Gasteiger partial charge in [0.1, 0.15) is 28.9 Å². The SMILES string of the molecule is Cc1cc(Oc2cccc(F)c2C#N)ccc1C#N. The molecule has 3 nitrogen and oxygen atoms in total. The third kappa shape index (κ3) is 2.53. The van der Waals surface area contributed by atoms with Gasteiger partial charge in [-0.2, -0.15) is 10.5 Å². The molecule has 4 heteroatoms. The molecule has 0 fully saturated rings. The Hall–Kier alpha value is -2.85. The Bertz CT molecular complexity index is 711. The maximum absolute atomic E-state index is 13.4. The zero-order valence-corrected chi connectivity index (χ0v) is 10.1. The summed E-state index contributed by atoms with van der Waals surface area (Å²) in [6, 6.07) is 12.9. The number of rotatable bonds is 2. The van der Waals surface area contributed by atoms with Gasteiger partial charge in [0.05, 0.1) is 11.6 Å². The Labute approximate surface area is 110 Å². The highest BCUT2D eigenvalue weighted by Gasteiger charge is 2.10. The van der Waals surface area contributed by atoms with Crippen LogP contribution in [0.15, 0.2) is 36.4 Å². The van der Waals surface area contributed by atoms with Crippen LogP contribution in [0.4, 0.5) is 4.39 Å². The number of hydrogen-bond acceptors (Lipinski definition) is 3. The highest BCUT2D eigenvalue weighted by molar-refractivity contribution is 5.48. The van der Waals surface area contributed by atoms with E-state index in [0.717, 1.165) is 5.56 Å². The van der Waals surface area contributed by atoms with Gasteiger partial charge in [0.2, 0.25) is 0 Å². The summed E-state index contributed by atoms with van der Waals surface area (Å²) in [7, 11) is 0. The van der Waals surface area contributed by atoms with Crippen molar-refractivity contribution >= 4 is 0 Å². The molecule has 2 aromatic carbocycles. The first-order valence-electron chi connectivity index (χ1n) is 5.53. The van der Waals surface area contributed by atoms with E-state index in [0.29, 0.717) is 11.3 Å². The van der Waals surface area contributed by atoms with Gasteiger partial charge in [0.25, 0.3) is 0 Å². The molecule has 0 radical (unpaired) electrons. The second kappa shape index (κ2) is 5.20. The van der Waals surface area contributed by atoms with E-state index < -0.39 is 5.82 Å². The molecule has 0 heterocycles. The Morgan fingerprint density at radius 2 is 1.89 bits per heavy atom. The van der Waals surface area contributed by atoms with Gasteiger partial charge in [0, 0.05) is 0 Å². The Morgan fingerprint density at radius 3 is 2.53 bits per heavy atom. The van der Waals surface area contributed by atoms with Crippen LogP contribution in [0.3, 0.4) is 0 Å². The molecule has 19 heavy (non-hydrogen) atoms. The first-order valence-corrected chi connectivity index (χ1v) is 5.53. The molecule has 0 saturated heterocycles. The van der Waals surface area contributed by atoms with E-state index in [1.165, 1.54) is 18.2 Å². The molecule has 0 aromatic heterocycles. The fourth-order valence-electron chi connectivity index (χ4n) is 1.65. The first-order chi connectivity index (χ1) is 9.15. The van der Waals surface area contributed by atoms with E-state index in [1.807, 2.05) is 0 Å². The summed E-state index contributed by atoms with van der Waals surface area (Å²) in [6.07, 6.45) is 0. The molecule has 2 aromatic rings. The maximum Gasteiger partial charge on any atom is 0.148 e. The van der Waals surface area contributed by atoms with Crippen LogP contribution in [-0.2, 0) is 0 Å². The van der Waals surface area contributed by atoms with E-state index in [9.17, 15) is 4.39 Å². The third-order valence-electron chi connectivity index (χ3n) is 2.63. The standard InChI is InChI=1S/C15H9FN2O/c1-10-7-12(6-5-11(10)8-17)19-15-4-2-3-14(16)13(15)9-18/h2-7H,1H3. The zero-order chi connectivity index (χ0) is 13.8. The van der Waals surface area contributed by atoms with Crippen LogP contribution in [0.2, 0.25) is 0 Å². The number of hydrogen-bond donors (Lipinski definition) is 0. The lowest BCUT2D eigenvalue weighted by Crippen LogP contribution is -1.92. The summed E-state index contributed by atoms with van der Waals surface area (Å²) < 4.78 is 18.9. The average Bonchev–Trinajstić information content (AvgIpc) is 2.39. The molecule has 0 saturated carbocycles. The minimum Gasteiger partial charge on any atom is -0.456 e. The Morgan fingerprint density at radius 1 is 1.11 bits per heavy atom. The van der Waals surface area contributed by atoms with Gasteiger partial charge in [-0.3, -0.25) is 0 Å². The minimum absolute atomic E-state index is 0.135. The van der Waals surface area contributed by atoms with Gasteiger partial charge in [-0.1, -0.05) is 6.07 Å². The van der Waals surface area contributed by atoms with E-state index in [-0.39, 0.29) is 11.3 Å². The van der Waals surface area contributed by atoms with Crippen molar-refractivity contribution in [3.8, 4) is 23.6 Å². The first kappa shape index (κ1) is 12.6. The average molecular weight is 252 g/mol. The van der Waals surface area contributed by atoms with E-state index in [2.05, 4.69) is 6.07 Å². The van der Waals surface area contributed by atoms with Crippen LogP contribution in [0.1, 0.15) is 16.7 Å². The van der Waals surface area contributed by atoms with Crippen molar-refractivity contribution in [1.82, 2.24) is 0 Å². The molecule has 2 rings (SSSR count). The van der Waals surface area contributed by atoms with Crippen molar-refractivity contribution in [2.75, 3.05) is 0 Å². The molecule has 0 unspecified atom stereocenters. The van der Waals surface area contributed by atoms with Crippen molar-refractivity contribution in [3.63, 3.8) is 0 Å². The van der Waals surface area contributed by atoms with Gasteiger partial charge in [-0.05, 0) is 42.8 Å². The molecule has 0 bridgehead atoms. The van der Waals surface area contributed by atoms with Crippen molar-refractivity contribution < 1.29 is 9.13 Å². The molecule has 0 N–H and O–H groups in total. The maximum atomic E-state index is 13.4. The van der Waals surface area contributed by atoms with Crippen LogP contribution < -0.4 is 4.74 Å². The summed E-state index contributed by atoms with van der Waals surface area (Å²) in [6.45, 7) is 1.78. The van der Waals surface area contributed by atoms with Gasteiger partial charge in [0.15, 0.2) is 0 Å². The number of nitriles is 2. The van der Waals surface area contributed by atoms with Gasteiger partial charge >= 0.3 is 0 Å². The van der Waals surface area contributed by atoms with E-state index >= 15 is 0 Å². The fourth-order valence-corrected chi connectivity index (χ4v) is 1.65. The summed E-state index contributed by atoms with van der Waals surface area (Å²) in [5.41, 5.74) is 1.17. The lowest BCUT2D eigenvalue weighted by molar-refractivity contribution is 0.474. The third-order valence-corrected chi connectivity index (χ3v) is 2.63. The molecule has 0 spiro atoms. The number of halogens is 1. The van der Waals surface area contributed by atoms with Crippen LogP contribution in [0.25, 0.3) is 0 Å². The summed E-state index contributed by atoms with van der Waals surface area (Å²) in [5.74, 6) is -0.00410. The predicted octanol–water partition coefficient (Wildman–Crippen LogP) is 3.67. The van der Waals surface area contributed by atoms with Crippen LogP contribution in [0.5, 0.6) is 11.5 Å². The Kier molecular flexibility index (Phi) is 3.45. The van der Waals surface area contributed by atoms with Crippen molar-refractivity contribution in [2.45, 2.75) is 6.92 Å². The van der Waals surface area contributed by atoms with Crippen molar-refractivity contribution in [2.24, 2.45) is 0 Å². The van der Waals surface area contributed by atoms with Gasteiger partial charge in [-0.25, -0.2) is 4.39 Å². The normalized spacial score (nSPS) is 9.47. The zero-order valence-electron chi connectivity index (χ0n) is 10.1. The van der Waals surface area contributed by atoms with Gasteiger partial charge < -0.3 is 4.74 Å². The number of aryl methyl sites for hydroxylation is 1.